The number of hydrogen-bond donors (Lipinski definition) is 1. The van der Waals surface area contributed by atoms with E-state index in [1.54, 1.807) is 6.08 Å². The molecule has 0 aliphatic rings. The number of nitriles is 1. The van der Waals surface area contributed by atoms with Gasteiger partial charge in [-0.25, -0.2) is 4.98 Å². The van der Waals surface area contributed by atoms with Crippen LogP contribution in [0.5, 0.6) is 11.5 Å². The molecule has 5 nitrogen and oxygen atoms in total. The molecule has 3 aromatic carbocycles. The number of fused-ring (bicyclic) bond motifs is 1. The Labute approximate surface area is 205 Å². The average molecular weight is 523 g/mol. The maximum Gasteiger partial charge on any atom is 0.162 e. The molecule has 0 spiro atoms. The number of aromatic amines is 1. The normalized spacial score (nSPS) is 11.4. The summed E-state index contributed by atoms with van der Waals surface area (Å²) in [5.74, 6) is 1.68. The molecule has 0 saturated heterocycles. The van der Waals surface area contributed by atoms with Gasteiger partial charge in [0.2, 0.25) is 0 Å². The molecular weight excluding hydrogens is 502 g/mol. The van der Waals surface area contributed by atoms with E-state index in [0.29, 0.717) is 41.1 Å². The van der Waals surface area contributed by atoms with Crippen LogP contribution < -0.4 is 9.47 Å². The number of nitrogens with zero attached hydrogens (tertiary/aromatic N) is 2. The zero-order chi connectivity index (χ0) is 23.4. The van der Waals surface area contributed by atoms with E-state index >= 15 is 0 Å². The lowest BCUT2D eigenvalue weighted by Gasteiger charge is -2.14. The monoisotopic (exact) mass is 521 g/mol. The topological polar surface area (TPSA) is 70.9 Å². The second-order valence-electron chi connectivity index (χ2n) is 7.41. The fourth-order valence-corrected chi connectivity index (χ4v) is 4.00. The molecule has 0 unspecified atom stereocenters. The van der Waals surface area contributed by atoms with Crippen molar-refractivity contribution in [1.82, 2.24) is 9.97 Å². The molecule has 0 saturated carbocycles. The van der Waals surface area contributed by atoms with Crippen molar-refractivity contribution in [3.05, 3.63) is 86.6 Å². The molecule has 0 aliphatic carbocycles. The van der Waals surface area contributed by atoms with Crippen LogP contribution in [-0.4, -0.2) is 16.6 Å². The number of nitrogens with one attached hydrogen (secondary N) is 1. The minimum absolute atomic E-state index is 0.309. The quantitative estimate of drug-likeness (QED) is 0.258. The number of allylic oxidation sites excluding steroid dienone is 1. The largest absolute Gasteiger partial charge is 0.490 e. The van der Waals surface area contributed by atoms with Crippen LogP contribution in [0.2, 0.25) is 5.02 Å². The van der Waals surface area contributed by atoms with E-state index in [-0.39, 0.29) is 0 Å². The first-order chi connectivity index (χ1) is 16.0. The predicted octanol–water partition coefficient (Wildman–Crippen LogP) is 7.33. The second-order valence-corrected chi connectivity index (χ2v) is 8.67. The Morgan fingerprint density at radius 2 is 1.94 bits per heavy atom. The number of aromatic nitrogens is 2. The minimum atomic E-state index is 0.309. The van der Waals surface area contributed by atoms with E-state index in [0.717, 1.165) is 32.2 Å². The van der Waals surface area contributed by atoms with Gasteiger partial charge in [-0.1, -0.05) is 51.8 Å². The van der Waals surface area contributed by atoms with Gasteiger partial charge in [0.25, 0.3) is 0 Å². The van der Waals surface area contributed by atoms with Gasteiger partial charge in [-0.05, 0) is 61.4 Å². The second kappa shape index (κ2) is 10.1. The molecule has 1 heterocycles. The third kappa shape index (κ3) is 5.22. The van der Waals surface area contributed by atoms with E-state index in [9.17, 15) is 5.26 Å². The molecule has 0 amide bonds. The van der Waals surface area contributed by atoms with Crippen LogP contribution in [0.3, 0.4) is 0 Å². The summed E-state index contributed by atoms with van der Waals surface area (Å²) in [4.78, 5) is 7.80. The zero-order valence-corrected chi connectivity index (χ0v) is 20.5. The van der Waals surface area contributed by atoms with Crippen molar-refractivity contribution >= 4 is 50.2 Å². The average Bonchev–Trinajstić information content (AvgIpc) is 3.22. The molecule has 7 heteroatoms. The molecular formula is C26H21BrClN3O2. The summed E-state index contributed by atoms with van der Waals surface area (Å²) in [5, 5.41) is 10.5. The highest BCUT2D eigenvalue weighted by atomic mass is 79.9. The highest BCUT2D eigenvalue weighted by molar-refractivity contribution is 9.10. The van der Waals surface area contributed by atoms with Crippen LogP contribution in [0.25, 0.3) is 22.7 Å². The fourth-order valence-electron chi connectivity index (χ4n) is 3.37. The minimum Gasteiger partial charge on any atom is -0.490 e. The van der Waals surface area contributed by atoms with Gasteiger partial charge in [0.15, 0.2) is 11.5 Å². The van der Waals surface area contributed by atoms with Gasteiger partial charge in [-0.2, -0.15) is 5.26 Å². The summed E-state index contributed by atoms with van der Waals surface area (Å²) < 4.78 is 12.6. The maximum absolute atomic E-state index is 9.81. The number of hydrogen-bond acceptors (Lipinski definition) is 4. The smallest absolute Gasteiger partial charge is 0.162 e. The lowest BCUT2D eigenvalue weighted by molar-refractivity contribution is 0.269. The zero-order valence-electron chi connectivity index (χ0n) is 18.2. The van der Waals surface area contributed by atoms with E-state index in [1.807, 2.05) is 68.4 Å². The Morgan fingerprint density at radius 1 is 1.15 bits per heavy atom. The predicted molar refractivity (Wildman–Crippen MR) is 135 cm³/mol. The molecule has 0 fully saturated rings. The number of benzene rings is 3. The molecule has 166 valence electrons. The molecule has 0 aliphatic heterocycles. The van der Waals surface area contributed by atoms with Crippen LogP contribution in [0.15, 0.2) is 59.1 Å². The van der Waals surface area contributed by atoms with Crippen LogP contribution >= 0.6 is 27.5 Å². The summed E-state index contributed by atoms with van der Waals surface area (Å²) in [6.07, 6.45) is 1.77. The SMILES string of the molecule is CCOc1cc(/C=C(/C#N)c2nc3ccc(C)cc3[nH]2)c(Br)cc1OCc1ccccc1Cl. The summed E-state index contributed by atoms with van der Waals surface area (Å²) in [7, 11) is 0. The van der Waals surface area contributed by atoms with Crippen molar-refractivity contribution in [2.45, 2.75) is 20.5 Å². The number of imidazole rings is 1. The highest BCUT2D eigenvalue weighted by Crippen LogP contribution is 2.36. The number of ether oxygens (including phenoxy) is 2. The van der Waals surface area contributed by atoms with Crippen molar-refractivity contribution in [3.8, 4) is 17.6 Å². The molecule has 33 heavy (non-hydrogen) atoms. The lowest BCUT2D eigenvalue weighted by Crippen LogP contribution is -2.01. The van der Waals surface area contributed by atoms with Crippen molar-refractivity contribution in [1.29, 1.82) is 5.26 Å². The van der Waals surface area contributed by atoms with Crippen molar-refractivity contribution in [2.75, 3.05) is 6.61 Å². The molecule has 0 radical (unpaired) electrons. The fraction of sp³-hybridized carbons (Fsp3) is 0.154. The molecule has 0 atom stereocenters. The van der Waals surface area contributed by atoms with Crippen LogP contribution in [-0.2, 0) is 6.61 Å². The molecule has 4 rings (SSSR count). The Balaban J connectivity index is 1.67. The van der Waals surface area contributed by atoms with Crippen LogP contribution in [0.1, 0.15) is 29.4 Å². The third-order valence-corrected chi connectivity index (χ3v) is 6.07. The number of aryl methyl sites for hydroxylation is 1. The van der Waals surface area contributed by atoms with Crippen molar-refractivity contribution in [2.24, 2.45) is 0 Å². The first kappa shape index (κ1) is 22.9. The highest BCUT2D eigenvalue weighted by Gasteiger charge is 2.14. The van der Waals surface area contributed by atoms with E-state index < -0.39 is 0 Å². The molecule has 1 N–H and O–H groups in total. The first-order valence-electron chi connectivity index (χ1n) is 10.4. The van der Waals surface area contributed by atoms with E-state index in [2.05, 4.69) is 32.0 Å². The summed E-state index contributed by atoms with van der Waals surface area (Å²) >= 11 is 9.85. The first-order valence-corrected chi connectivity index (χ1v) is 11.6. The van der Waals surface area contributed by atoms with Gasteiger partial charge in [0, 0.05) is 15.1 Å². The molecule has 4 aromatic rings. The van der Waals surface area contributed by atoms with Gasteiger partial charge in [0.05, 0.1) is 23.2 Å². The number of H-pyrrole nitrogens is 1. The van der Waals surface area contributed by atoms with Crippen LogP contribution in [0, 0.1) is 18.3 Å². The lowest BCUT2D eigenvalue weighted by atomic mass is 10.1. The number of rotatable bonds is 7. The van der Waals surface area contributed by atoms with Gasteiger partial charge in [-0.3, -0.25) is 0 Å². The van der Waals surface area contributed by atoms with Crippen molar-refractivity contribution in [3.63, 3.8) is 0 Å². The Morgan fingerprint density at radius 3 is 2.70 bits per heavy atom. The van der Waals surface area contributed by atoms with E-state index in [1.165, 1.54) is 0 Å². The van der Waals surface area contributed by atoms with Gasteiger partial charge < -0.3 is 14.5 Å². The van der Waals surface area contributed by atoms with Crippen molar-refractivity contribution < 1.29 is 9.47 Å². The summed E-state index contributed by atoms with van der Waals surface area (Å²) in [5.41, 5.74) is 4.90. The van der Waals surface area contributed by atoms with Gasteiger partial charge in [-0.15, -0.1) is 0 Å². The van der Waals surface area contributed by atoms with Crippen LogP contribution in [0.4, 0.5) is 0 Å². The van der Waals surface area contributed by atoms with Gasteiger partial charge in [0.1, 0.15) is 18.5 Å². The standard InChI is InChI=1S/C26H21BrClN3O2/c1-3-32-24-12-18(20(27)13-25(24)33-15-17-6-4-5-7-21(17)28)11-19(14-29)26-30-22-9-8-16(2)10-23(22)31-26/h4-13H,3,15H2,1-2H3,(H,30,31)/b19-11-. The molecule has 0 bridgehead atoms. The molecule has 1 aromatic heterocycles. The third-order valence-electron chi connectivity index (χ3n) is 5.02. The maximum atomic E-state index is 9.81. The Kier molecular flexibility index (Phi) is 7.02. The summed E-state index contributed by atoms with van der Waals surface area (Å²) in [6, 6.07) is 19.4. The van der Waals surface area contributed by atoms with E-state index in [4.69, 9.17) is 21.1 Å². The Bertz CT molecular complexity index is 1390. The number of halogens is 2. The Hall–Kier alpha value is -3.27. The van der Waals surface area contributed by atoms with Gasteiger partial charge >= 0.3 is 0 Å². The summed E-state index contributed by atoms with van der Waals surface area (Å²) in [6.45, 7) is 4.71.